The molecule has 2 heterocycles. The van der Waals surface area contributed by atoms with Crippen molar-refractivity contribution in [3.8, 4) is 6.07 Å². The van der Waals surface area contributed by atoms with Gasteiger partial charge in [0.15, 0.2) is 10.8 Å². The number of hydrogen-bond donors (Lipinski definition) is 0. The molecule has 2 unspecified atom stereocenters. The number of hydrazone groups is 1. The molecule has 0 fully saturated rings. The number of rotatable bonds is 15. The number of anilines is 2. The lowest BCUT2D eigenvalue weighted by molar-refractivity contribution is -0.114. The third-order valence-corrected chi connectivity index (χ3v) is 8.99. The van der Waals surface area contributed by atoms with Gasteiger partial charge in [0, 0.05) is 18.5 Å². The van der Waals surface area contributed by atoms with Crippen LogP contribution in [0.3, 0.4) is 0 Å². The molecule has 6 nitrogen and oxygen atoms in total. The molecule has 0 radical (unpaired) electrons. The molecular formula is C34H49N5OS. The summed E-state index contributed by atoms with van der Waals surface area (Å²) in [5, 5.41) is 16.6. The number of aromatic nitrogens is 1. The van der Waals surface area contributed by atoms with Gasteiger partial charge in [-0.1, -0.05) is 117 Å². The van der Waals surface area contributed by atoms with Crippen LogP contribution in [-0.4, -0.2) is 29.7 Å². The van der Waals surface area contributed by atoms with E-state index in [9.17, 15) is 10.1 Å². The Balaban J connectivity index is 2.05. The maximum Gasteiger partial charge on any atom is 0.281 e. The van der Waals surface area contributed by atoms with E-state index in [0.717, 1.165) is 41.6 Å². The fraction of sp³-hybridized carbons (Fsp3) is 0.588. The average molecular weight is 576 g/mol. The van der Waals surface area contributed by atoms with E-state index in [-0.39, 0.29) is 17.0 Å². The van der Waals surface area contributed by atoms with Crippen LogP contribution in [0.2, 0.25) is 0 Å². The van der Waals surface area contributed by atoms with Crippen molar-refractivity contribution in [2.75, 3.05) is 23.0 Å². The van der Waals surface area contributed by atoms with Crippen molar-refractivity contribution >= 4 is 39.9 Å². The van der Waals surface area contributed by atoms with E-state index in [1.165, 1.54) is 43.5 Å². The molecule has 7 heteroatoms. The molecule has 0 bridgehead atoms. The maximum absolute atomic E-state index is 13.5. The number of carbonyl (C=O) groups is 1. The lowest BCUT2D eigenvalue weighted by Gasteiger charge is -2.30. The van der Waals surface area contributed by atoms with Gasteiger partial charge in [0.05, 0.1) is 21.8 Å². The number of nitriles is 1. The lowest BCUT2D eigenvalue weighted by atomic mass is 9.91. The Hall–Kier alpha value is -2.98. The molecule has 2 aromatic rings. The van der Waals surface area contributed by atoms with Crippen LogP contribution in [0.25, 0.3) is 6.08 Å². The molecule has 41 heavy (non-hydrogen) atoms. The zero-order valence-corrected chi connectivity index (χ0v) is 27.1. The van der Waals surface area contributed by atoms with E-state index in [1.54, 1.807) is 11.3 Å². The Morgan fingerprint density at radius 2 is 1.59 bits per heavy atom. The van der Waals surface area contributed by atoms with E-state index in [4.69, 9.17) is 4.98 Å². The smallest absolute Gasteiger partial charge is 0.281 e. The summed E-state index contributed by atoms with van der Waals surface area (Å²) in [6, 6.07) is 11.4. The van der Waals surface area contributed by atoms with Gasteiger partial charge in [-0.25, -0.2) is 4.98 Å². The fourth-order valence-electron chi connectivity index (χ4n) is 5.28. The van der Waals surface area contributed by atoms with Crippen LogP contribution in [0.15, 0.2) is 41.0 Å². The molecule has 222 valence electrons. The Labute approximate surface area is 252 Å². The Morgan fingerprint density at radius 1 is 1.00 bits per heavy atom. The van der Waals surface area contributed by atoms with Gasteiger partial charge in [0.1, 0.15) is 6.07 Å². The summed E-state index contributed by atoms with van der Waals surface area (Å²) in [4.78, 5) is 22.2. The highest BCUT2D eigenvalue weighted by atomic mass is 32.1. The summed E-state index contributed by atoms with van der Waals surface area (Å²) in [6.45, 7) is 17.6. The summed E-state index contributed by atoms with van der Waals surface area (Å²) < 4.78 is 0. The van der Waals surface area contributed by atoms with E-state index < -0.39 is 0 Å². The number of thiazole rings is 1. The molecule has 0 spiro atoms. The first-order chi connectivity index (χ1) is 19.7. The number of benzene rings is 1. The molecule has 1 aliphatic heterocycles. The van der Waals surface area contributed by atoms with Crippen LogP contribution >= 0.6 is 11.3 Å². The highest BCUT2D eigenvalue weighted by Crippen LogP contribution is 2.38. The third kappa shape index (κ3) is 8.52. The number of para-hydroxylation sites is 1. The molecule has 0 N–H and O–H groups in total. The predicted octanol–water partition coefficient (Wildman–Crippen LogP) is 8.99. The first kappa shape index (κ1) is 32.5. The second-order valence-corrected chi connectivity index (χ2v) is 13.3. The second kappa shape index (κ2) is 15.3. The van der Waals surface area contributed by atoms with Gasteiger partial charge in [0.2, 0.25) is 0 Å². The van der Waals surface area contributed by atoms with Crippen LogP contribution in [0.1, 0.15) is 110 Å². The van der Waals surface area contributed by atoms with E-state index in [2.05, 4.69) is 64.5 Å². The summed E-state index contributed by atoms with van der Waals surface area (Å²) in [6.07, 6.45) is 11.6. The summed E-state index contributed by atoms with van der Waals surface area (Å²) in [7, 11) is 0. The number of carbonyl (C=O) groups excluding carboxylic acids is 1. The molecule has 0 aliphatic carbocycles. The maximum atomic E-state index is 13.5. The monoisotopic (exact) mass is 575 g/mol. The van der Waals surface area contributed by atoms with E-state index >= 15 is 0 Å². The van der Waals surface area contributed by atoms with Crippen molar-refractivity contribution in [3.05, 3.63) is 46.5 Å². The number of hydrogen-bond acceptors (Lipinski definition) is 6. The minimum absolute atomic E-state index is 0.141. The Kier molecular flexibility index (Phi) is 12.1. The van der Waals surface area contributed by atoms with Crippen LogP contribution in [0.4, 0.5) is 10.8 Å². The lowest BCUT2D eigenvalue weighted by Crippen LogP contribution is -2.34. The van der Waals surface area contributed by atoms with Crippen LogP contribution in [0.5, 0.6) is 0 Å². The second-order valence-electron chi connectivity index (χ2n) is 12.3. The molecule has 2 atom stereocenters. The van der Waals surface area contributed by atoms with Crippen LogP contribution < -0.4 is 9.91 Å². The minimum atomic E-state index is -0.282. The first-order valence-corrected chi connectivity index (χ1v) is 16.3. The third-order valence-electron chi connectivity index (χ3n) is 7.93. The van der Waals surface area contributed by atoms with Gasteiger partial charge < -0.3 is 4.90 Å². The number of unbranched alkanes of at least 4 members (excludes halogenated alkanes) is 2. The van der Waals surface area contributed by atoms with Gasteiger partial charge in [-0.3, -0.25) is 4.79 Å². The molecule has 1 aliphatic rings. The van der Waals surface area contributed by atoms with Crippen LogP contribution in [0, 0.1) is 23.2 Å². The zero-order chi connectivity index (χ0) is 30.0. The first-order valence-electron chi connectivity index (χ1n) is 15.5. The van der Waals surface area contributed by atoms with Crippen molar-refractivity contribution < 1.29 is 4.79 Å². The molecule has 0 saturated heterocycles. The standard InChI is InChI=1S/C34H49N5OS/c1-8-12-17-25(10-3)23-38(24-26(11-4)18-13-9-2)33-36-31(34(5,6)7)30(41-33)21-28-29(22-35)37-39(32(28)40)27-19-15-14-16-20-27/h14-16,19-21,25-26H,8-13,17-18,23-24H2,1-7H3/b28-21-. The highest BCUT2D eigenvalue weighted by Gasteiger charge is 2.33. The van der Waals surface area contributed by atoms with Gasteiger partial charge in [-0.2, -0.15) is 15.4 Å². The van der Waals surface area contributed by atoms with Crippen molar-refractivity contribution in [1.82, 2.24) is 4.98 Å². The molecule has 1 aromatic heterocycles. The number of amides is 1. The summed E-state index contributed by atoms with van der Waals surface area (Å²) in [5.74, 6) is 0.960. The molecule has 1 aromatic carbocycles. The Morgan fingerprint density at radius 3 is 2.07 bits per heavy atom. The van der Waals surface area contributed by atoms with Crippen molar-refractivity contribution in [1.29, 1.82) is 5.26 Å². The van der Waals surface area contributed by atoms with Crippen molar-refractivity contribution in [2.24, 2.45) is 16.9 Å². The highest BCUT2D eigenvalue weighted by molar-refractivity contribution is 7.16. The van der Waals surface area contributed by atoms with Crippen molar-refractivity contribution in [3.63, 3.8) is 0 Å². The van der Waals surface area contributed by atoms with Gasteiger partial charge in [-0.05, 0) is 42.9 Å². The molecule has 0 saturated carbocycles. The fourth-order valence-corrected chi connectivity index (χ4v) is 6.52. The molecular weight excluding hydrogens is 526 g/mol. The quantitative estimate of drug-likeness (QED) is 0.199. The average Bonchev–Trinajstić information content (AvgIpc) is 3.54. The molecule has 1 amide bonds. The van der Waals surface area contributed by atoms with E-state index in [0.29, 0.717) is 23.1 Å². The largest absolute Gasteiger partial charge is 0.348 e. The van der Waals surface area contributed by atoms with Crippen molar-refractivity contribution in [2.45, 2.75) is 105 Å². The minimum Gasteiger partial charge on any atom is -0.348 e. The zero-order valence-electron chi connectivity index (χ0n) is 26.2. The van der Waals surface area contributed by atoms with E-state index in [1.807, 2.05) is 36.4 Å². The normalized spacial score (nSPS) is 16.1. The summed E-state index contributed by atoms with van der Waals surface area (Å²) in [5.41, 5.74) is 1.85. The van der Waals surface area contributed by atoms with Gasteiger partial charge in [0.25, 0.3) is 5.91 Å². The molecule has 3 rings (SSSR count). The SMILES string of the molecule is CCCCC(CC)CN(CC(CC)CCCC)c1nc(C(C)(C)C)c(/C=C2\C(=O)N(c3ccccc3)N=C2C#N)s1. The topological polar surface area (TPSA) is 72.6 Å². The van der Waals surface area contributed by atoms with Crippen LogP contribution in [-0.2, 0) is 10.2 Å². The summed E-state index contributed by atoms with van der Waals surface area (Å²) >= 11 is 1.65. The van der Waals surface area contributed by atoms with Gasteiger partial charge >= 0.3 is 0 Å². The van der Waals surface area contributed by atoms with Gasteiger partial charge in [-0.15, -0.1) is 0 Å². The predicted molar refractivity (Wildman–Crippen MR) is 175 cm³/mol. The Bertz CT molecular complexity index is 1220. The number of nitrogens with zero attached hydrogens (tertiary/aromatic N) is 5.